The number of hydrazine groups is 1. The summed E-state index contributed by atoms with van der Waals surface area (Å²) >= 11 is 0. The molecule has 1 heterocycles. The van der Waals surface area contributed by atoms with Crippen LogP contribution >= 0.6 is 0 Å². The first-order valence-corrected chi connectivity index (χ1v) is 3.10. The van der Waals surface area contributed by atoms with Gasteiger partial charge < -0.3 is 10.2 Å². The van der Waals surface area contributed by atoms with Gasteiger partial charge in [-0.3, -0.25) is 5.84 Å². The second-order valence-corrected chi connectivity index (χ2v) is 1.91. The maximum atomic E-state index is 11.6. The topological polar surface area (TPSA) is 60.2 Å². The van der Waals surface area contributed by atoms with Crippen LogP contribution in [0.25, 0.3) is 0 Å². The van der Waals surface area contributed by atoms with Crippen LogP contribution in [-0.4, -0.2) is 11.6 Å². The molecule has 3 N–H and O–H groups in total. The minimum Gasteiger partial charge on any atom is -0.417 e. The molecular formula is C6H7F2N3O. The van der Waals surface area contributed by atoms with Crippen molar-refractivity contribution in [1.29, 1.82) is 0 Å². The number of rotatable bonds is 3. The van der Waals surface area contributed by atoms with Gasteiger partial charge in [-0.15, -0.1) is 0 Å². The Kier molecular flexibility index (Phi) is 2.76. The first-order chi connectivity index (χ1) is 5.72. The molecular weight excluding hydrogens is 168 g/mol. The van der Waals surface area contributed by atoms with Crippen LogP contribution < -0.4 is 16.0 Å². The number of pyridine rings is 1. The molecule has 0 aliphatic rings. The van der Waals surface area contributed by atoms with E-state index < -0.39 is 6.61 Å². The number of aromatic nitrogens is 1. The maximum Gasteiger partial charge on any atom is 0.388 e. The SMILES string of the molecule is NNc1ccnc(OC(F)F)c1. The number of hydrogen-bond donors (Lipinski definition) is 2. The van der Waals surface area contributed by atoms with Crippen molar-refractivity contribution in [2.45, 2.75) is 6.61 Å². The van der Waals surface area contributed by atoms with E-state index in [1.54, 1.807) is 0 Å². The largest absolute Gasteiger partial charge is 0.417 e. The molecule has 0 unspecified atom stereocenters. The maximum absolute atomic E-state index is 11.6. The van der Waals surface area contributed by atoms with Crippen molar-refractivity contribution in [3.05, 3.63) is 18.3 Å². The molecule has 12 heavy (non-hydrogen) atoms. The molecule has 1 aromatic heterocycles. The van der Waals surface area contributed by atoms with Gasteiger partial charge in [-0.25, -0.2) is 4.98 Å². The molecule has 0 saturated carbocycles. The number of halogens is 2. The summed E-state index contributed by atoms with van der Waals surface area (Å²) in [5.41, 5.74) is 2.73. The summed E-state index contributed by atoms with van der Waals surface area (Å²) in [6, 6.07) is 2.80. The lowest BCUT2D eigenvalue weighted by molar-refractivity contribution is -0.0528. The molecule has 0 aliphatic carbocycles. The highest BCUT2D eigenvalue weighted by Crippen LogP contribution is 2.14. The summed E-state index contributed by atoms with van der Waals surface area (Å²) in [6.45, 7) is -2.87. The highest BCUT2D eigenvalue weighted by molar-refractivity contribution is 5.43. The smallest absolute Gasteiger partial charge is 0.388 e. The molecule has 0 aromatic carbocycles. The number of anilines is 1. The van der Waals surface area contributed by atoms with Crippen LogP contribution in [0.3, 0.4) is 0 Å². The predicted molar refractivity (Wildman–Crippen MR) is 38.7 cm³/mol. The van der Waals surface area contributed by atoms with Crippen molar-refractivity contribution in [3.8, 4) is 5.88 Å². The lowest BCUT2D eigenvalue weighted by Gasteiger charge is -2.04. The third kappa shape index (κ3) is 2.31. The normalized spacial score (nSPS) is 10.0. The highest BCUT2D eigenvalue weighted by Gasteiger charge is 2.04. The van der Waals surface area contributed by atoms with Crippen molar-refractivity contribution in [1.82, 2.24) is 4.98 Å². The van der Waals surface area contributed by atoms with Crippen LogP contribution in [0.15, 0.2) is 18.3 Å². The summed E-state index contributed by atoms with van der Waals surface area (Å²) in [6.07, 6.45) is 1.31. The third-order valence-corrected chi connectivity index (χ3v) is 1.11. The fraction of sp³-hybridized carbons (Fsp3) is 0.167. The molecule has 6 heteroatoms. The first-order valence-electron chi connectivity index (χ1n) is 3.10. The van der Waals surface area contributed by atoms with Crippen molar-refractivity contribution in [2.75, 3.05) is 5.43 Å². The van der Waals surface area contributed by atoms with Gasteiger partial charge in [0.1, 0.15) is 0 Å². The molecule has 0 aliphatic heterocycles. The van der Waals surface area contributed by atoms with Crippen LogP contribution in [0, 0.1) is 0 Å². The zero-order valence-corrected chi connectivity index (χ0v) is 6.00. The van der Waals surface area contributed by atoms with Crippen LogP contribution in [0.1, 0.15) is 0 Å². The number of nitrogens with two attached hydrogens (primary N) is 1. The number of ether oxygens (including phenoxy) is 1. The van der Waals surface area contributed by atoms with Gasteiger partial charge in [0.25, 0.3) is 0 Å². The number of nitrogens with one attached hydrogen (secondary N) is 1. The van der Waals surface area contributed by atoms with Gasteiger partial charge in [0.15, 0.2) is 0 Å². The summed E-state index contributed by atoms with van der Waals surface area (Å²) < 4.78 is 27.3. The monoisotopic (exact) mass is 175 g/mol. The lowest BCUT2D eigenvalue weighted by Crippen LogP contribution is -2.08. The Morgan fingerprint density at radius 1 is 1.58 bits per heavy atom. The van der Waals surface area contributed by atoms with Crippen LogP contribution in [0.5, 0.6) is 5.88 Å². The van der Waals surface area contributed by atoms with Crippen molar-refractivity contribution in [3.63, 3.8) is 0 Å². The van der Waals surface area contributed by atoms with Gasteiger partial charge in [0, 0.05) is 12.3 Å². The fourth-order valence-electron chi connectivity index (χ4n) is 0.655. The van der Waals surface area contributed by atoms with Gasteiger partial charge in [-0.1, -0.05) is 0 Å². The Morgan fingerprint density at radius 2 is 2.33 bits per heavy atom. The zero-order chi connectivity index (χ0) is 8.97. The van der Waals surface area contributed by atoms with E-state index in [2.05, 4.69) is 15.1 Å². The average molecular weight is 175 g/mol. The number of nitrogens with zero attached hydrogens (tertiary/aromatic N) is 1. The van der Waals surface area contributed by atoms with Crippen LogP contribution in [0.4, 0.5) is 14.5 Å². The van der Waals surface area contributed by atoms with Gasteiger partial charge in [-0.05, 0) is 6.07 Å². The standard InChI is InChI=1S/C6H7F2N3O/c7-6(8)12-5-3-4(11-9)1-2-10-5/h1-3,6H,9H2,(H,10,11). The fourth-order valence-corrected chi connectivity index (χ4v) is 0.655. The van der Waals surface area contributed by atoms with E-state index in [9.17, 15) is 8.78 Å². The van der Waals surface area contributed by atoms with E-state index >= 15 is 0 Å². The molecule has 66 valence electrons. The van der Waals surface area contributed by atoms with E-state index in [1.807, 2.05) is 0 Å². The van der Waals surface area contributed by atoms with Gasteiger partial charge in [0.2, 0.25) is 5.88 Å². The minimum atomic E-state index is -2.87. The van der Waals surface area contributed by atoms with E-state index in [4.69, 9.17) is 5.84 Å². The first kappa shape index (κ1) is 8.66. The Hall–Kier alpha value is -1.43. The molecule has 0 spiro atoms. The number of hydrogen-bond acceptors (Lipinski definition) is 4. The molecule has 1 rings (SSSR count). The summed E-state index contributed by atoms with van der Waals surface area (Å²) in [5.74, 6) is 4.86. The molecule has 4 nitrogen and oxygen atoms in total. The Morgan fingerprint density at radius 3 is 2.92 bits per heavy atom. The van der Waals surface area contributed by atoms with Crippen molar-refractivity contribution in [2.24, 2.45) is 5.84 Å². The van der Waals surface area contributed by atoms with E-state index in [1.165, 1.54) is 18.3 Å². The second kappa shape index (κ2) is 3.82. The van der Waals surface area contributed by atoms with Crippen LogP contribution in [-0.2, 0) is 0 Å². The average Bonchev–Trinajstić information content (AvgIpc) is 2.03. The zero-order valence-electron chi connectivity index (χ0n) is 6.00. The predicted octanol–water partition coefficient (Wildman–Crippen LogP) is 0.969. The van der Waals surface area contributed by atoms with Crippen LogP contribution in [0.2, 0.25) is 0 Å². The van der Waals surface area contributed by atoms with Crippen molar-refractivity contribution < 1.29 is 13.5 Å². The van der Waals surface area contributed by atoms with E-state index in [0.29, 0.717) is 5.69 Å². The van der Waals surface area contributed by atoms with Crippen molar-refractivity contribution >= 4 is 5.69 Å². The summed E-state index contributed by atoms with van der Waals surface area (Å²) in [4.78, 5) is 3.53. The lowest BCUT2D eigenvalue weighted by atomic mass is 10.4. The Balaban J connectivity index is 2.72. The van der Waals surface area contributed by atoms with Gasteiger partial charge in [-0.2, -0.15) is 8.78 Å². The number of nitrogen functional groups attached to an aromatic ring is 1. The number of alkyl halides is 2. The molecule has 0 amide bonds. The van der Waals surface area contributed by atoms with Gasteiger partial charge >= 0.3 is 6.61 Å². The summed E-state index contributed by atoms with van der Waals surface area (Å²) in [5, 5.41) is 0. The highest BCUT2D eigenvalue weighted by atomic mass is 19.3. The molecule has 0 atom stereocenters. The summed E-state index contributed by atoms with van der Waals surface area (Å²) in [7, 11) is 0. The third-order valence-electron chi connectivity index (χ3n) is 1.11. The molecule has 0 radical (unpaired) electrons. The molecule has 0 bridgehead atoms. The van der Waals surface area contributed by atoms with E-state index in [0.717, 1.165) is 0 Å². The second-order valence-electron chi connectivity index (χ2n) is 1.91. The minimum absolute atomic E-state index is 0.166. The molecule has 0 saturated heterocycles. The quantitative estimate of drug-likeness (QED) is 0.530. The molecule has 0 fully saturated rings. The Labute approximate surface area is 67.3 Å². The molecule has 1 aromatic rings. The van der Waals surface area contributed by atoms with Gasteiger partial charge in [0.05, 0.1) is 5.69 Å². The Bertz CT molecular complexity index is 256. The van der Waals surface area contributed by atoms with E-state index in [-0.39, 0.29) is 5.88 Å².